The van der Waals surface area contributed by atoms with Crippen molar-refractivity contribution in [1.29, 1.82) is 5.26 Å². The molecule has 1 saturated carbocycles. The van der Waals surface area contributed by atoms with Gasteiger partial charge in [0.1, 0.15) is 11.8 Å². The predicted octanol–water partition coefficient (Wildman–Crippen LogP) is 5.54. The van der Waals surface area contributed by atoms with Gasteiger partial charge in [0.05, 0.1) is 34.0 Å². The summed E-state index contributed by atoms with van der Waals surface area (Å²) in [6, 6.07) is 17.0. The summed E-state index contributed by atoms with van der Waals surface area (Å²) in [6.07, 6.45) is 1.32. The maximum Gasteiger partial charge on any atom is 0.416 e. The number of carbonyl (C=O) groups is 1. The summed E-state index contributed by atoms with van der Waals surface area (Å²) in [7, 11) is 2.03. The Hall–Kier alpha value is -4.10. The molecule has 3 heterocycles. The van der Waals surface area contributed by atoms with Gasteiger partial charge >= 0.3 is 6.18 Å². The number of ether oxygens (including phenoxy) is 1. The van der Waals surface area contributed by atoms with E-state index in [0.29, 0.717) is 31.6 Å². The Morgan fingerprint density at radius 1 is 1.07 bits per heavy atom. The number of hydrogen-bond acceptors (Lipinski definition) is 6. The molecule has 1 amide bonds. The molecule has 224 valence electrons. The number of pyridine rings is 1. The molecule has 43 heavy (non-hydrogen) atoms. The Kier molecular flexibility index (Phi) is 7.77. The molecule has 6 rings (SSSR count). The summed E-state index contributed by atoms with van der Waals surface area (Å²) in [5.41, 5.74) is 1.15. The minimum Gasteiger partial charge on any atom is -0.490 e. The molecule has 0 unspecified atom stereocenters. The molecular weight excluding hydrogens is 555 g/mol. The van der Waals surface area contributed by atoms with Crippen molar-refractivity contribution in [3.63, 3.8) is 0 Å². The average molecular weight is 590 g/mol. The molecule has 3 fully saturated rings. The van der Waals surface area contributed by atoms with Gasteiger partial charge in [0.25, 0.3) is 0 Å². The van der Waals surface area contributed by atoms with Gasteiger partial charge in [-0.25, -0.2) is 0 Å². The van der Waals surface area contributed by atoms with E-state index in [1.54, 1.807) is 6.20 Å². The Labute approximate surface area is 249 Å². The van der Waals surface area contributed by atoms with E-state index in [-0.39, 0.29) is 23.6 Å². The van der Waals surface area contributed by atoms with Gasteiger partial charge in [-0.2, -0.15) is 18.4 Å². The number of carbonyl (C=O) groups excluding carboxylic acids is 1. The molecule has 2 aromatic carbocycles. The van der Waals surface area contributed by atoms with E-state index in [2.05, 4.69) is 10.2 Å². The summed E-state index contributed by atoms with van der Waals surface area (Å²) in [5.74, 6) is 0.730. The number of anilines is 1. The first-order valence-electron chi connectivity index (χ1n) is 14.7. The molecule has 10 heteroatoms. The molecule has 0 spiro atoms. The number of halogens is 3. The SMILES string of the molecule is CN1CC[C@@H](NC(=O)C2(c3ccc(-c4ccccc4OC4CC4)nc3)CCN(c3ccc(C(F)(F)F)cc3C#N)CC2)C1. The number of rotatable bonds is 7. The molecule has 0 bridgehead atoms. The summed E-state index contributed by atoms with van der Waals surface area (Å²) in [6.45, 7) is 2.49. The van der Waals surface area contributed by atoms with Crippen molar-refractivity contribution in [2.24, 2.45) is 0 Å². The van der Waals surface area contributed by atoms with Gasteiger partial charge in [-0.1, -0.05) is 18.2 Å². The maximum atomic E-state index is 14.1. The average Bonchev–Trinajstić information content (AvgIpc) is 3.74. The molecule has 3 aliphatic rings. The van der Waals surface area contributed by atoms with Crippen LogP contribution in [0.1, 0.15) is 48.8 Å². The van der Waals surface area contributed by atoms with Gasteiger partial charge in [-0.15, -0.1) is 0 Å². The van der Waals surface area contributed by atoms with Crippen molar-refractivity contribution in [2.45, 2.75) is 55.8 Å². The molecule has 1 aromatic heterocycles. The lowest BCUT2D eigenvalue weighted by Crippen LogP contribution is -2.54. The van der Waals surface area contributed by atoms with Crippen LogP contribution in [0.2, 0.25) is 0 Å². The van der Waals surface area contributed by atoms with Crippen LogP contribution in [-0.2, 0) is 16.4 Å². The van der Waals surface area contributed by atoms with E-state index < -0.39 is 17.2 Å². The number of piperidine rings is 1. The van der Waals surface area contributed by atoms with Crippen molar-refractivity contribution in [2.75, 3.05) is 38.1 Å². The van der Waals surface area contributed by atoms with Gasteiger partial charge in [0.15, 0.2) is 0 Å². The first kappa shape index (κ1) is 29.0. The predicted molar refractivity (Wildman–Crippen MR) is 157 cm³/mol. The van der Waals surface area contributed by atoms with Crippen LogP contribution in [0.15, 0.2) is 60.8 Å². The number of likely N-dealkylation sites (N-methyl/N-ethyl adjacent to an activating group) is 1. The van der Waals surface area contributed by atoms with Crippen molar-refractivity contribution in [3.05, 3.63) is 77.5 Å². The van der Waals surface area contributed by atoms with Gasteiger partial charge in [0, 0.05) is 37.4 Å². The van der Waals surface area contributed by atoms with Crippen LogP contribution in [0, 0.1) is 11.3 Å². The molecule has 2 aliphatic heterocycles. The number of nitrogens with zero attached hydrogens (tertiary/aromatic N) is 4. The van der Waals surface area contributed by atoms with Crippen molar-refractivity contribution >= 4 is 11.6 Å². The quantitative estimate of drug-likeness (QED) is 0.390. The third-order valence-corrected chi connectivity index (χ3v) is 8.86. The van der Waals surface area contributed by atoms with E-state index >= 15 is 0 Å². The normalized spacial score (nSPS) is 20.4. The zero-order chi connectivity index (χ0) is 30.2. The lowest BCUT2D eigenvalue weighted by atomic mass is 9.72. The van der Waals surface area contributed by atoms with E-state index in [1.165, 1.54) is 6.07 Å². The van der Waals surface area contributed by atoms with Crippen molar-refractivity contribution < 1.29 is 22.7 Å². The number of nitrogens with one attached hydrogen (secondary N) is 1. The minimum absolute atomic E-state index is 0.0288. The molecule has 0 radical (unpaired) electrons. The Balaban J connectivity index is 1.28. The Bertz CT molecular complexity index is 1520. The van der Waals surface area contributed by atoms with Gasteiger partial charge in [-0.05, 0) is 87.7 Å². The molecule has 1 atom stereocenters. The van der Waals surface area contributed by atoms with Crippen LogP contribution in [0.25, 0.3) is 11.3 Å². The topological polar surface area (TPSA) is 81.5 Å². The van der Waals surface area contributed by atoms with Gasteiger partial charge in [-0.3, -0.25) is 9.78 Å². The second-order valence-corrected chi connectivity index (χ2v) is 11.9. The van der Waals surface area contributed by atoms with E-state index in [4.69, 9.17) is 9.72 Å². The van der Waals surface area contributed by atoms with E-state index in [0.717, 1.165) is 67.1 Å². The molecule has 7 nitrogen and oxygen atoms in total. The number of likely N-dealkylation sites (tertiary alicyclic amines) is 1. The molecule has 3 aromatic rings. The van der Waals surface area contributed by atoms with Crippen LogP contribution >= 0.6 is 0 Å². The second-order valence-electron chi connectivity index (χ2n) is 11.9. The number of benzene rings is 2. The lowest BCUT2D eigenvalue weighted by molar-refractivity contribution is -0.137. The standard InChI is InChI=1S/C33H34F3N5O2/c1-40-15-12-25(21-40)39-31(42)32(13-16-41(17-14-32)29-11-7-23(33(34,35)36)18-22(29)19-37)24-6-10-28(38-20-24)27-4-2-3-5-30(27)43-26-8-9-26/h2-7,10-11,18,20,25-26H,8-9,12-17,21H2,1H3,(H,39,42)/t25-/m1/s1. The highest BCUT2D eigenvalue weighted by Gasteiger charge is 2.45. The van der Waals surface area contributed by atoms with Crippen molar-refractivity contribution in [3.8, 4) is 23.1 Å². The van der Waals surface area contributed by atoms with Crippen LogP contribution < -0.4 is 15.0 Å². The smallest absolute Gasteiger partial charge is 0.416 e. The number of para-hydroxylation sites is 1. The lowest BCUT2D eigenvalue weighted by Gasteiger charge is -2.42. The maximum absolute atomic E-state index is 14.1. The molecule has 1 N–H and O–H groups in total. The fraction of sp³-hybridized carbons (Fsp3) is 0.424. The number of hydrogen-bond donors (Lipinski definition) is 1. The number of nitriles is 1. The monoisotopic (exact) mass is 589 g/mol. The second kappa shape index (κ2) is 11.5. The molecular formula is C33H34F3N5O2. The zero-order valence-electron chi connectivity index (χ0n) is 24.0. The van der Waals surface area contributed by atoms with Gasteiger partial charge in [0.2, 0.25) is 5.91 Å². The summed E-state index contributed by atoms with van der Waals surface area (Å²) < 4.78 is 45.9. The summed E-state index contributed by atoms with van der Waals surface area (Å²) in [4.78, 5) is 22.9. The minimum atomic E-state index is -4.53. The van der Waals surface area contributed by atoms with Gasteiger partial charge < -0.3 is 19.9 Å². The van der Waals surface area contributed by atoms with Crippen LogP contribution in [0.3, 0.4) is 0 Å². The molecule has 2 saturated heterocycles. The van der Waals surface area contributed by atoms with Crippen LogP contribution in [0.5, 0.6) is 5.75 Å². The van der Waals surface area contributed by atoms with Crippen LogP contribution in [-0.4, -0.2) is 61.2 Å². The number of alkyl halides is 3. The first-order valence-corrected chi connectivity index (χ1v) is 14.7. The highest BCUT2D eigenvalue weighted by atomic mass is 19.4. The third kappa shape index (κ3) is 6.04. The van der Waals surface area contributed by atoms with E-state index in [1.807, 2.05) is 54.4 Å². The first-order chi connectivity index (χ1) is 20.7. The van der Waals surface area contributed by atoms with Crippen molar-refractivity contribution in [1.82, 2.24) is 15.2 Å². The fourth-order valence-corrected chi connectivity index (χ4v) is 6.21. The zero-order valence-corrected chi connectivity index (χ0v) is 24.0. The van der Waals surface area contributed by atoms with Crippen LogP contribution in [0.4, 0.5) is 18.9 Å². The highest BCUT2D eigenvalue weighted by molar-refractivity contribution is 5.89. The summed E-state index contributed by atoms with van der Waals surface area (Å²) >= 11 is 0. The molecule has 1 aliphatic carbocycles. The highest BCUT2D eigenvalue weighted by Crippen LogP contribution is 2.41. The Morgan fingerprint density at radius 2 is 1.84 bits per heavy atom. The van der Waals surface area contributed by atoms with E-state index in [9.17, 15) is 23.2 Å². The largest absolute Gasteiger partial charge is 0.490 e. The third-order valence-electron chi connectivity index (χ3n) is 8.86. The Morgan fingerprint density at radius 3 is 2.47 bits per heavy atom. The summed E-state index contributed by atoms with van der Waals surface area (Å²) in [5, 5.41) is 12.9. The number of aromatic nitrogens is 1. The number of amides is 1. The fourth-order valence-electron chi connectivity index (χ4n) is 6.21.